The van der Waals surface area contributed by atoms with Crippen LogP contribution in [-0.2, 0) is 6.42 Å². The van der Waals surface area contributed by atoms with Crippen LogP contribution in [0.3, 0.4) is 0 Å². The molecule has 176 valence electrons. The highest BCUT2D eigenvalue weighted by Gasteiger charge is 2.34. The molecule has 7 heteroatoms. The van der Waals surface area contributed by atoms with Crippen molar-refractivity contribution in [2.24, 2.45) is 0 Å². The standard InChI is InChI=1S/C28H25FN4OS/c1-4-19-8-6-10-23(16-19)33-18(3)24(25(30-28(33)35)20-11-13-22(29)14-12-20)27-31-26(32-34-27)21-9-5-7-17(2)15-21/h5-16,25H,4H2,1-3H3,(H,30,35). The number of thiocarbonyl (C=S) groups is 1. The van der Waals surface area contributed by atoms with Gasteiger partial charge in [0.2, 0.25) is 5.82 Å². The fraction of sp³-hybridized carbons (Fsp3) is 0.179. The molecular weight excluding hydrogens is 459 g/mol. The summed E-state index contributed by atoms with van der Waals surface area (Å²) in [5.41, 5.74) is 6.66. The average Bonchev–Trinajstić information content (AvgIpc) is 3.34. The van der Waals surface area contributed by atoms with Gasteiger partial charge in [-0.05, 0) is 73.9 Å². The molecule has 0 spiro atoms. The summed E-state index contributed by atoms with van der Waals surface area (Å²) in [5, 5.41) is 8.24. The molecule has 1 aromatic heterocycles. The fourth-order valence-corrected chi connectivity index (χ4v) is 4.75. The molecule has 0 aliphatic carbocycles. The third kappa shape index (κ3) is 4.47. The lowest BCUT2D eigenvalue weighted by Crippen LogP contribution is -2.46. The minimum Gasteiger partial charge on any atom is -0.351 e. The van der Waals surface area contributed by atoms with E-state index in [-0.39, 0.29) is 11.9 Å². The lowest BCUT2D eigenvalue weighted by molar-refractivity contribution is 0.404. The van der Waals surface area contributed by atoms with Crippen molar-refractivity contribution < 1.29 is 8.91 Å². The molecule has 0 amide bonds. The molecule has 4 aromatic rings. The number of hydrogen-bond acceptors (Lipinski definition) is 4. The first kappa shape index (κ1) is 22.9. The molecule has 3 aromatic carbocycles. The second kappa shape index (κ2) is 9.43. The van der Waals surface area contributed by atoms with Crippen molar-refractivity contribution in [3.05, 3.63) is 107 Å². The van der Waals surface area contributed by atoms with Crippen LogP contribution in [0.4, 0.5) is 10.1 Å². The van der Waals surface area contributed by atoms with E-state index in [2.05, 4.69) is 29.5 Å². The van der Waals surface area contributed by atoms with Gasteiger partial charge in [-0.1, -0.05) is 60.1 Å². The maximum atomic E-state index is 13.7. The predicted octanol–water partition coefficient (Wildman–Crippen LogP) is 6.61. The Labute approximate surface area is 209 Å². The number of nitrogens with zero attached hydrogens (tertiary/aromatic N) is 3. The quantitative estimate of drug-likeness (QED) is 0.322. The molecule has 1 unspecified atom stereocenters. The van der Waals surface area contributed by atoms with Crippen LogP contribution < -0.4 is 10.2 Å². The molecule has 0 saturated heterocycles. The maximum Gasteiger partial charge on any atom is 0.258 e. The van der Waals surface area contributed by atoms with E-state index in [0.717, 1.165) is 40.1 Å². The minimum atomic E-state index is -0.375. The average molecular weight is 485 g/mol. The molecule has 35 heavy (non-hydrogen) atoms. The number of aryl methyl sites for hydroxylation is 2. The van der Waals surface area contributed by atoms with Gasteiger partial charge < -0.3 is 9.84 Å². The number of hydrogen-bond donors (Lipinski definition) is 1. The first-order valence-electron chi connectivity index (χ1n) is 11.5. The molecule has 1 atom stereocenters. The van der Waals surface area contributed by atoms with Crippen molar-refractivity contribution in [2.75, 3.05) is 4.90 Å². The molecule has 0 fully saturated rings. The number of rotatable bonds is 5. The Bertz CT molecular complexity index is 1430. The highest BCUT2D eigenvalue weighted by molar-refractivity contribution is 7.80. The Kier molecular flexibility index (Phi) is 6.17. The molecule has 5 rings (SSSR count). The largest absolute Gasteiger partial charge is 0.351 e. The van der Waals surface area contributed by atoms with Crippen LogP contribution >= 0.6 is 12.2 Å². The molecule has 1 N–H and O–H groups in total. The summed E-state index contributed by atoms with van der Waals surface area (Å²) in [5.74, 6) is 0.599. The van der Waals surface area contributed by atoms with Gasteiger partial charge in [0.05, 0.1) is 11.6 Å². The molecular formula is C28H25FN4OS. The van der Waals surface area contributed by atoms with Crippen molar-refractivity contribution in [2.45, 2.75) is 33.2 Å². The molecule has 2 heterocycles. The Morgan fingerprint density at radius 1 is 1.03 bits per heavy atom. The zero-order chi connectivity index (χ0) is 24.5. The van der Waals surface area contributed by atoms with Gasteiger partial charge in [0.1, 0.15) is 5.82 Å². The number of benzene rings is 3. The van der Waals surface area contributed by atoms with Crippen molar-refractivity contribution in [1.29, 1.82) is 0 Å². The Morgan fingerprint density at radius 2 is 1.80 bits per heavy atom. The maximum absolute atomic E-state index is 13.7. The van der Waals surface area contributed by atoms with Gasteiger partial charge in [-0.15, -0.1) is 0 Å². The van der Waals surface area contributed by atoms with Gasteiger partial charge in [0.25, 0.3) is 5.89 Å². The van der Waals surface area contributed by atoms with E-state index in [1.54, 1.807) is 12.1 Å². The van der Waals surface area contributed by atoms with E-state index in [9.17, 15) is 4.39 Å². The molecule has 1 aliphatic heterocycles. The summed E-state index contributed by atoms with van der Waals surface area (Å²) in [6.45, 7) is 6.14. The van der Waals surface area contributed by atoms with Crippen molar-refractivity contribution in [3.8, 4) is 11.4 Å². The topological polar surface area (TPSA) is 54.2 Å². The van der Waals surface area contributed by atoms with E-state index in [1.165, 1.54) is 17.7 Å². The molecule has 0 bridgehead atoms. The number of nitrogens with one attached hydrogen (secondary N) is 1. The molecule has 1 aliphatic rings. The van der Waals surface area contributed by atoms with E-state index in [1.807, 2.05) is 55.1 Å². The molecule has 0 radical (unpaired) electrons. The third-order valence-corrected chi connectivity index (χ3v) is 6.50. The van der Waals surface area contributed by atoms with E-state index in [0.29, 0.717) is 16.8 Å². The first-order chi connectivity index (χ1) is 16.9. The van der Waals surface area contributed by atoms with Crippen LogP contribution in [0.25, 0.3) is 17.0 Å². The summed E-state index contributed by atoms with van der Waals surface area (Å²) in [6.07, 6.45) is 0.916. The number of halogens is 1. The second-order valence-electron chi connectivity index (χ2n) is 8.58. The summed E-state index contributed by atoms with van der Waals surface area (Å²) in [7, 11) is 0. The Morgan fingerprint density at radius 3 is 2.54 bits per heavy atom. The summed E-state index contributed by atoms with van der Waals surface area (Å²) in [4.78, 5) is 6.74. The fourth-order valence-electron chi connectivity index (χ4n) is 4.39. The van der Waals surface area contributed by atoms with Gasteiger partial charge in [0, 0.05) is 16.9 Å². The molecule has 0 saturated carbocycles. The van der Waals surface area contributed by atoms with Gasteiger partial charge in [-0.3, -0.25) is 4.90 Å². The minimum absolute atomic E-state index is 0.299. The smallest absolute Gasteiger partial charge is 0.258 e. The van der Waals surface area contributed by atoms with Gasteiger partial charge in [-0.25, -0.2) is 4.39 Å². The summed E-state index contributed by atoms with van der Waals surface area (Å²) >= 11 is 5.81. The van der Waals surface area contributed by atoms with Crippen LogP contribution in [0, 0.1) is 12.7 Å². The predicted molar refractivity (Wildman–Crippen MR) is 140 cm³/mol. The van der Waals surface area contributed by atoms with Gasteiger partial charge in [0.15, 0.2) is 5.11 Å². The van der Waals surface area contributed by atoms with Crippen molar-refractivity contribution in [1.82, 2.24) is 15.5 Å². The van der Waals surface area contributed by atoms with E-state index < -0.39 is 0 Å². The van der Waals surface area contributed by atoms with Crippen molar-refractivity contribution >= 4 is 28.6 Å². The third-order valence-electron chi connectivity index (χ3n) is 6.20. The zero-order valence-electron chi connectivity index (χ0n) is 19.7. The Hall–Kier alpha value is -3.84. The van der Waals surface area contributed by atoms with Crippen LogP contribution in [0.15, 0.2) is 83.0 Å². The van der Waals surface area contributed by atoms with Crippen LogP contribution in [-0.4, -0.2) is 15.3 Å². The van der Waals surface area contributed by atoms with E-state index in [4.69, 9.17) is 21.7 Å². The SMILES string of the molecule is CCc1cccc(N2C(=S)NC(c3ccc(F)cc3)C(c3nc(-c4cccc(C)c4)no3)=C2C)c1. The summed E-state index contributed by atoms with van der Waals surface area (Å²) in [6, 6.07) is 22.2. The number of aromatic nitrogens is 2. The normalized spacial score (nSPS) is 15.9. The Balaban J connectivity index is 1.66. The van der Waals surface area contributed by atoms with Gasteiger partial charge in [-0.2, -0.15) is 4.98 Å². The lowest BCUT2D eigenvalue weighted by Gasteiger charge is -2.37. The van der Waals surface area contributed by atoms with Gasteiger partial charge >= 0.3 is 0 Å². The van der Waals surface area contributed by atoms with Crippen LogP contribution in [0.5, 0.6) is 0 Å². The second-order valence-corrected chi connectivity index (χ2v) is 8.97. The van der Waals surface area contributed by atoms with E-state index >= 15 is 0 Å². The zero-order valence-corrected chi connectivity index (χ0v) is 20.6. The highest BCUT2D eigenvalue weighted by Crippen LogP contribution is 2.39. The number of anilines is 1. The number of allylic oxidation sites excluding steroid dienone is 1. The highest BCUT2D eigenvalue weighted by atomic mass is 32.1. The monoisotopic (exact) mass is 484 g/mol. The molecule has 5 nitrogen and oxygen atoms in total. The lowest BCUT2D eigenvalue weighted by atomic mass is 9.94. The van der Waals surface area contributed by atoms with Crippen molar-refractivity contribution in [3.63, 3.8) is 0 Å². The van der Waals surface area contributed by atoms with Crippen LogP contribution in [0.1, 0.15) is 42.5 Å². The van der Waals surface area contributed by atoms with Crippen LogP contribution in [0.2, 0.25) is 0 Å². The first-order valence-corrected chi connectivity index (χ1v) is 11.9. The summed E-state index contributed by atoms with van der Waals surface area (Å²) < 4.78 is 19.5.